The first kappa shape index (κ1) is 19.1. The number of rotatable bonds is 9. The zero-order valence-electron chi connectivity index (χ0n) is 13.2. The van der Waals surface area contributed by atoms with Crippen molar-refractivity contribution < 1.29 is 18.0 Å². The van der Waals surface area contributed by atoms with E-state index in [2.05, 4.69) is 10.6 Å². The van der Waals surface area contributed by atoms with Gasteiger partial charge in [-0.1, -0.05) is 25.5 Å². The van der Waals surface area contributed by atoms with Crippen molar-refractivity contribution in [2.45, 2.75) is 37.5 Å². The lowest BCUT2D eigenvalue weighted by atomic mass is 10.1. The van der Waals surface area contributed by atoms with Crippen LogP contribution in [-0.4, -0.2) is 33.3 Å². The molecule has 4 N–H and O–H groups in total. The van der Waals surface area contributed by atoms with Gasteiger partial charge in [0, 0.05) is 13.1 Å². The zero-order chi connectivity index (χ0) is 17.3. The summed E-state index contributed by atoms with van der Waals surface area (Å²) < 4.78 is 22.3. The highest BCUT2D eigenvalue weighted by atomic mass is 32.2. The van der Waals surface area contributed by atoms with Crippen LogP contribution in [0.1, 0.15) is 31.7 Å². The van der Waals surface area contributed by atoms with Gasteiger partial charge in [0.1, 0.15) is 6.42 Å². The Morgan fingerprint density at radius 3 is 2.13 bits per heavy atom. The molecule has 2 amide bonds. The molecule has 128 valence electrons. The lowest BCUT2D eigenvalue weighted by molar-refractivity contribution is -0.129. The molecule has 7 nitrogen and oxygen atoms in total. The molecule has 0 spiro atoms. The zero-order valence-corrected chi connectivity index (χ0v) is 14.0. The topological polar surface area (TPSA) is 118 Å². The van der Waals surface area contributed by atoms with Crippen LogP contribution in [0.15, 0.2) is 29.2 Å². The average molecular weight is 341 g/mol. The summed E-state index contributed by atoms with van der Waals surface area (Å²) in [6, 6.07) is 6.13. The number of amides is 2. The molecule has 8 heteroatoms. The van der Waals surface area contributed by atoms with Gasteiger partial charge in [0.25, 0.3) is 0 Å². The van der Waals surface area contributed by atoms with Gasteiger partial charge in [-0.3, -0.25) is 9.59 Å². The molecule has 0 atom stereocenters. The van der Waals surface area contributed by atoms with Crippen molar-refractivity contribution in [3.05, 3.63) is 29.8 Å². The van der Waals surface area contributed by atoms with Crippen LogP contribution in [0.4, 0.5) is 0 Å². The Balaban J connectivity index is 2.31. The van der Waals surface area contributed by atoms with E-state index in [-0.39, 0.29) is 23.1 Å². The van der Waals surface area contributed by atoms with E-state index in [4.69, 9.17) is 5.14 Å². The lowest BCUT2D eigenvalue weighted by Gasteiger charge is -2.07. The van der Waals surface area contributed by atoms with Gasteiger partial charge in [-0.15, -0.1) is 0 Å². The van der Waals surface area contributed by atoms with Gasteiger partial charge >= 0.3 is 0 Å². The van der Waals surface area contributed by atoms with E-state index in [0.29, 0.717) is 19.5 Å². The molecule has 0 saturated heterocycles. The van der Waals surface area contributed by atoms with Crippen molar-refractivity contribution in [1.82, 2.24) is 10.6 Å². The maximum atomic E-state index is 11.6. The van der Waals surface area contributed by atoms with E-state index < -0.39 is 10.0 Å². The summed E-state index contributed by atoms with van der Waals surface area (Å²) >= 11 is 0. The third-order valence-electron chi connectivity index (χ3n) is 3.16. The number of hydrogen-bond acceptors (Lipinski definition) is 4. The summed E-state index contributed by atoms with van der Waals surface area (Å²) in [5.74, 6) is -0.617. The Hall–Kier alpha value is -1.93. The van der Waals surface area contributed by atoms with Crippen LogP contribution >= 0.6 is 0 Å². The fourth-order valence-corrected chi connectivity index (χ4v) is 2.38. The Morgan fingerprint density at radius 2 is 1.61 bits per heavy atom. The molecule has 0 aromatic heterocycles. The molecular formula is C15H23N3O4S. The third kappa shape index (κ3) is 7.75. The van der Waals surface area contributed by atoms with Crippen molar-refractivity contribution >= 4 is 21.8 Å². The summed E-state index contributed by atoms with van der Waals surface area (Å²) in [5, 5.41) is 10.3. The van der Waals surface area contributed by atoms with Gasteiger partial charge in [-0.05, 0) is 30.5 Å². The van der Waals surface area contributed by atoms with Crippen molar-refractivity contribution in [1.29, 1.82) is 0 Å². The Morgan fingerprint density at radius 1 is 1.04 bits per heavy atom. The van der Waals surface area contributed by atoms with Crippen molar-refractivity contribution in [2.24, 2.45) is 5.14 Å². The molecule has 23 heavy (non-hydrogen) atoms. The number of unbranched alkanes of at least 4 members (excludes halogenated alkanes) is 1. The number of carbonyl (C=O) groups excluding carboxylic acids is 2. The van der Waals surface area contributed by atoms with Crippen LogP contribution in [-0.2, 0) is 26.0 Å². The fraction of sp³-hybridized carbons (Fsp3) is 0.467. The maximum absolute atomic E-state index is 11.6. The number of nitrogens with one attached hydrogen (secondary N) is 2. The largest absolute Gasteiger partial charge is 0.356 e. The highest BCUT2D eigenvalue weighted by Gasteiger charge is 2.09. The first-order valence-corrected chi connectivity index (χ1v) is 9.02. The number of carbonyl (C=O) groups is 2. The van der Waals surface area contributed by atoms with Crippen molar-refractivity contribution in [3.8, 4) is 0 Å². The molecule has 0 fully saturated rings. The average Bonchev–Trinajstić information content (AvgIpc) is 2.47. The monoisotopic (exact) mass is 341 g/mol. The van der Waals surface area contributed by atoms with E-state index >= 15 is 0 Å². The maximum Gasteiger partial charge on any atom is 0.238 e. The van der Waals surface area contributed by atoms with E-state index in [1.165, 1.54) is 12.1 Å². The predicted octanol–water partition coefficient (Wildman–Crippen LogP) is 0.299. The summed E-state index contributed by atoms with van der Waals surface area (Å²) in [6.45, 7) is 2.98. The van der Waals surface area contributed by atoms with Gasteiger partial charge in [-0.2, -0.15) is 0 Å². The Kier molecular flexibility index (Phi) is 7.70. The molecule has 0 unspecified atom stereocenters. The summed E-state index contributed by atoms with van der Waals surface area (Å²) in [5.41, 5.74) is 0.866. The molecule has 1 aromatic carbocycles. The van der Waals surface area contributed by atoms with E-state index in [1.807, 2.05) is 6.92 Å². The van der Waals surface area contributed by atoms with Crippen molar-refractivity contribution in [2.75, 3.05) is 13.1 Å². The molecular weight excluding hydrogens is 318 g/mol. The minimum absolute atomic E-state index is 0.0500. The molecule has 0 aliphatic carbocycles. The summed E-state index contributed by atoms with van der Waals surface area (Å²) in [6.07, 6.45) is 2.22. The van der Waals surface area contributed by atoms with E-state index in [1.54, 1.807) is 12.1 Å². The second-order valence-corrected chi connectivity index (χ2v) is 6.73. The first-order valence-electron chi connectivity index (χ1n) is 7.48. The molecule has 0 bridgehead atoms. The Labute approximate surface area is 136 Å². The predicted molar refractivity (Wildman–Crippen MR) is 87.1 cm³/mol. The van der Waals surface area contributed by atoms with Gasteiger partial charge in [0.2, 0.25) is 21.8 Å². The number of nitrogens with two attached hydrogens (primary N) is 1. The Bertz CT molecular complexity index is 627. The molecule has 0 radical (unpaired) electrons. The quantitative estimate of drug-likeness (QED) is 0.442. The van der Waals surface area contributed by atoms with E-state index in [9.17, 15) is 18.0 Å². The van der Waals surface area contributed by atoms with Crippen LogP contribution in [0.25, 0.3) is 0 Å². The van der Waals surface area contributed by atoms with Crippen LogP contribution in [0.5, 0.6) is 0 Å². The molecule has 0 aliphatic rings. The summed E-state index contributed by atoms with van der Waals surface area (Å²) in [7, 11) is -3.69. The molecule has 0 heterocycles. The summed E-state index contributed by atoms with van der Waals surface area (Å²) in [4.78, 5) is 23.1. The van der Waals surface area contributed by atoms with E-state index in [0.717, 1.165) is 18.4 Å². The highest BCUT2D eigenvalue weighted by molar-refractivity contribution is 7.89. The van der Waals surface area contributed by atoms with Crippen LogP contribution in [0, 0.1) is 0 Å². The number of hydrogen-bond donors (Lipinski definition) is 3. The molecule has 0 saturated carbocycles. The highest BCUT2D eigenvalue weighted by Crippen LogP contribution is 2.08. The minimum Gasteiger partial charge on any atom is -0.356 e. The second-order valence-electron chi connectivity index (χ2n) is 5.17. The van der Waals surface area contributed by atoms with Crippen LogP contribution in [0.2, 0.25) is 0 Å². The SMILES string of the molecule is CCCCNC(=O)CC(=O)NCCc1ccc(S(N)(=O)=O)cc1. The second kappa shape index (κ2) is 9.26. The normalized spacial score (nSPS) is 11.0. The number of sulfonamides is 1. The van der Waals surface area contributed by atoms with Gasteiger partial charge < -0.3 is 10.6 Å². The van der Waals surface area contributed by atoms with Crippen molar-refractivity contribution in [3.63, 3.8) is 0 Å². The molecule has 1 rings (SSSR count). The fourth-order valence-electron chi connectivity index (χ4n) is 1.87. The van der Waals surface area contributed by atoms with Gasteiger partial charge in [0.05, 0.1) is 4.90 Å². The lowest BCUT2D eigenvalue weighted by Crippen LogP contribution is -2.33. The first-order chi connectivity index (χ1) is 10.8. The van der Waals surface area contributed by atoms with Gasteiger partial charge in [0.15, 0.2) is 0 Å². The van der Waals surface area contributed by atoms with Crippen LogP contribution < -0.4 is 15.8 Å². The number of primary sulfonamides is 1. The van der Waals surface area contributed by atoms with Gasteiger partial charge in [-0.25, -0.2) is 13.6 Å². The standard InChI is InChI=1S/C15H23N3O4S/c1-2-3-9-17-14(19)11-15(20)18-10-8-12-4-6-13(7-5-12)23(16,21)22/h4-7H,2-3,8-11H2,1H3,(H,17,19)(H,18,20)(H2,16,21,22). The molecule has 1 aromatic rings. The van der Waals surface area contributed by atoms with Crippen LogP contribution in [0.3, 0.4) is 0 Å². The molecule has 0 aliphatic heterocycles. The number of benzene rings is 1. The smallest absolute Gasteiger partial charge is 0.238 e. The minimum atomic E-state index is -3.69. The third-order valence-corrected chi connectivity index (χ3v) is 4.09.